The van der Waals surface area contributed by atoms with Gasteiger partial charge in [-0.3, -0.25) is 0 Å². The zero-order valence-electron chi connectivity index (χ0n) is 11.9. The molecule has 0 unspecified atom stereocenters. The van der Waals surface area contributed by atoms with E-state index in [-0.39, 0.29) is 12.4 Å². The minimum absolute atomic E-state index is 0. The van der Waals surface area contributed by atoms with Crippen LogP contribution in [-0.2, 0) is 19.5 Å². The van der Waals surface area contributed by atoms with E-state index < -0.39 is 0 Å². The van der Waals surface area contributed by atoms with Crippen LogP contribution in [0.1, 0.15) is 36.9 Å². The van der Waals surface area contributed by atoms with Crippen molar-refractivity contribution >= 4 is 23.3 Å². The van der Waals surface area contributed by atoms with Gasteiger partial charge in [-0.05, 0) is 30.4 Å². The van der Waals surface area contributed by atoms with Gasteiger partial charge in [-0.1, -0.05) is 31.0 Å². The second kappa shape index (κ2) is 5.79. The van der Waals surface area contributed by atoms with Gasteiger partial charge in [0.25, 0.3) is 0 Å². The van der Waals surface area contributed by atoms with E-state index in [4.69, 9.17) is 0 Å². The molecular weight excluding hydrogens is 268 g/mol. The Morgan fingerprint density at radius 3 is 2.80 bits per heavy atom. The van der Waals surface area contributed by atoms with Gasteiger partial charge in [-0.15, -0.1) is 12.4 Å². The summed E-state index contributed by atoms with van der Waals surface area (Å²) in [7, 11) is 0. The lowest BCUT2D eigenvalue weighted by molar-refractivity contribution is 0.451. The summed E-state index contributed by atoms with van der Waals surface area (Å²) >= 11 is 0. The number of nitrogens with one attached hydrogen (secondary N) is 1. The van der Waals surface area contributed by atoms with Crippen LogP contribution < -0.4 is 5.32 Å². The van der Waals surface area contributed by atoms with Crippen LogP contribution in [0.4, 0.5) is 0 Å². The van der Waals surface area contributed by atoms with E-state index in [0.29, 0.717) is 0 Å². The Bertz CT molecular complexity index is 596. The molecule has 0 bridgehead atoms. The van der Waals surface area contributed by atoms with E-state index in [2.05, 4.69) is 34.1 Å². The van der Waals surface area contributed by atoms with Crippen LogP contribution in [-0.4, -0.2) is 11.1 Å². The number of nitrogens with zero attached hydrogens (tertiary/aromatic N) is 1. The summed E-state index contributed by atoms with van der Waals surface area (Å²) in [6.07, 6.45) is 6.93. The van der Waals surface area contributed by atoms with Crippen molar-refractivity contribution in [2.75, 3.05) is 6.54 Å². The van der Waals surface area contributed by atoms with Crippen molar-refractivity contribution in [3.8, 4) is 0 Å². The molecule has 0 spiro atoms. The first-order chi connectivity index (χ1) is 9.43. The first-order valence-electron chi connectivity index (χ1n) is 7.73. The molecule has 1 fully saturated rings. The van der Waals surface area contributed by atoms with Crippen molar-refractivity contribution in [1.82, 2.24) is 9.88 Å². The van der Waals surface area contributed by atoms with Crippen molar-refractivity contribution in [3.05, 3.63) is 35.5 Å². The summed E-state index contributed by atoms with van der Waals surface area (Å²) in [6.45, 7) is 3.43. The standard InChI is InChI=1S/C17H22N2.ClH/c1-2-6-13(5-1)12-19-16-8-4-3-7-14(16)15-11-18-10-9-17(15)19;/h3-4,7-8,13,18H,1-2,5-6,9-12H2;1H. The van der Waals surface area contributed by atoms with Gasteiger partial charge in [0.1, 0.15) is 0 Å². The highest BCUT2D eigenvalue weighted by Gasteiger charge is 2.22. The molecule has 2 heterocycles. The van der Waals surface area contributed by atoms with Crippen LogP contribution in [0.15, 0.2) is 24.3 Å². The summed E-state index contributed by atoms with van der Waals surface area (Å²) in [6, 6.07) is 8.97. The van der Waals surface area contributed by atoms with E-state index in [1.165, 1.54) is 49.6 Å². The van der Waals surface area contributed by atoms with Crippen molar-refractivity contribution in [2.45, 2.75) is 45.2 Å². The van der Waals surface area contributed by atoms with Crippen LogP contribution >= 0.6 is 12.4 Å². The van der Waals surface area contributed by atoms with E-state index >= 15 is 0 Å². The molecular formula is C17H23ClN2. The quantitative estimate of drug-likeness (QED) is 0.888. The van der Waals surface area contributed by atoms with Crippen LogP contribution in [0.25, 0.3) is 10.9 Å². The fourth-order valence-electron chi connectivity index (χ4n) is 3.99. The fraction of sp³-hybridized carbons (Fsp3) is 0.529. The molecule has 0 amide bonds. The molecule has 1 aliphatic heterocycles. The van der Waals surface area contributed by atoms with Crippen molar-refractivity contribution < 1.29 is 0 Å². The monoisotopic (exact) mass is 290 g/mol. The molecule has 3 heteroatoms. The van der Waals surface area contributed by atoms with Gasteiger partial charge < -0.3 is 9.88 Å². The molecule has 0 atom stereocenters. The molecule has 1 aromatic heterocycles. The highest BCUT2D eigenvalue weighted by Crippen LogP contribution is 2.32. The molecule has 1 aromatic carbocycles. The van der Waals surface area contributed by atoms with Crippen LogP contribution in [0.5, 0.6) is 0 Å². The SMILES string of the molecule is Cl.c1ccc2c(c1)c1c(n2CC2CCCC2)CCNC1. The Morgan fingerprint density at radius 2 is 1.95 bits per heavy atom. The number of para-hydroxylation sites is 1. The third-order valence-corrected chi connectivity index (χ3v) is 4.95. The summed E-state index contributed by atoms with van der Waals surface area (Å²) in [4.78, 5) is 0. The molecule has 1 aliphatic carbocycles. The summed E-state index contributed by atoms with van der Waals surface area (Å²) in [5.41, 5.74) is 4.62. The number of hydrogen-bond acceptors (Lipinski definition) is 1. The Kier molecular flexibility index (Phi) is 4.04. The van der Waals surface area contributed by atoms with Crippen molar-refractivity contribution in [1.29, 1.82) is 0 Å². The lowest BCUT2D eigenvalue weighted by Crippen LogP contribution is -2.25. The van der Waals surface area contributed by atoms with Crippen LogP contribution in [0, 0.1) is 5.92 Å². The topological polar surface area (TPSA) is 17.0 Å². The average Bonchev–Trinajstić information content (AvgIpc) is 3.08. The highest BCUT2D eigenvalue weighted by molar-refractivity contribution is 5.86. The number of benzene rings is 1. The normalized spacial score (nSPS) is 19.0. The summed E-state index contributed by atoms with van der Waals surface area (Å²) < 4.78 is 2.64. The lowest BCUT2D eigenvalue weighted by atomic mass is 10.1. The molecule has 2 aliphatic rings. The van der Waals surface area contributed by atoms with Crippen LogP contribution in [0.2, 0.25) is 0 Å². The summed E-state index contributed by atoms with van der Waals surface area (Å²) in [5, 5.41) is 5.00. The predicted octanol–water partition coefficient (Wildman–Crippen LogP) is 3.90. The van der Waals surface area contributed by atoms with E-state index in [9.17, 15) is 0 Å². The maximum absolute atomic E-state index is 3.53. The fourth-order valence-corrected chi connectivity index (χ4v) is 3.99. The zero-order valence-corrected chi connectivity index (χ0v) is 12.7. The highest BCUT2D eigenvalue weighted by atomic mass is 35.5. The Morgan fingerprint density at radius 1 is 1.15 bits per heavy atom. The van der Waals surface area contributed by atoms with E-state index in [0.717, 1.165) is 19.0 Å². The third kappa shape index (κ3) is 2.25. The number of fused-ring (bicyclic) bond motifs is 3. The maximum atomic E-state index is 3.53. The Labute approximate surface area is 127 Å². The van der Waals surface area contributed by atoms with Gasteiger partial charge in [0, 0.05) is 42.7 Å². The second-order valence-corrected chi connectivity index (χ2v) is 6.13. The van der Waals surface area contributed by atoms with Crippen molar-refractivity contribution in [3.63, 3.8) is 0 Å². The smallest absolute Gasteiger partial charge is 0.0485 e. The summed E-state index contributed by atoms with van der Waals surface area (Å²) in [5.74, 6) is 0.912. The molecule has 1 N–H and O–H groups in total. The Hall–Kier alpha value is -0.990. The average molecular weight is 291 g/mol. The lowest BCUT2D eigenvalue weighted by Gasteiger charge is -2.19. The minimum atomic E-state index is 0. The molecule has 108 valence electrons. The van der Waals surface area contributed by atoms with E-state index in [1.807, 2.05) is 0 Å². The first-order valence-corrected chi connectivity index (χ1v) is 7.73. The third-order valence-electron chi connectivity index (χ3n) is 4.95. The second-order valence-electron chi connectivity index (χ2n) is 6.13. The zero-order chi connectivity index (χ0) is 12.7. The molecule has 1 saturated carbocycles. The Balaban J connectivity index is 0.00000121. The largest absolute Gasteiger partial charge is 0.344 e. The molecule has 20 heavy (non-hydrogen) atoms. The van der Waals surface area contributed by atoms with Gasteiger partial charge in [0.2, 0.25) is 0 Å². The van der Waals surface area contributed by atoms with Crippen molar-refractivity contribution in [2.24, 2.45) is 5.92 Å². The van der Waals surface area contributed by atoms with Gasteiger partial charge in [0.15, 0.2) is 0 Å². The number of rotatable bonds is 2. The van der Waals surface area contributed by atoms with Gasteiger partial charge in [-0.25, -0.2) is 0 Å². The number of halogens is 1. The van der Waals surface area contributed by atoms with Gasteiger partial charge >= 0.3 is 0 Å². The molecule has 2 aromatic rings. The molecule has 0 saturated heterocycles. The number of aromatic nitrogens is 1. The molecule has 2 nitrogen and oxygen atoms in total. The number of hydrogen-bond donors (Lipinski definition) is 1. The van der Waals surface area contributed by atoms with Gasteiger partial charge in [0.05, 0.1) is 0 Å². The molecule has 4 rings (SSSR count). The predicted molar refractivity (Wildman–Crippen MR) is 86.6 cm³/mol. The van der Waals surface area contributed by atoms with E-state index in [1.54, 1.807) is 11.3 Å². The van der Waals surface area contributed by atoms with Crippen LogP contribution in [0.3, 0.4) is 0 Å². The van der Waals surface area contributed by atoms with Gasteiger partial charge in [-0.2, -0.15) is 0 Å². The minimum Gasteiger partial charge on any atom is -0.344 e. The maximum Gasteiger partial charge on any atom is 0.0485 e. The molecule has 0 radical (unpaired) electrons. The first kappa shape index (κ1) is 14.0.